The molecule has 0 heterocycles. The number of para-hydroxylation sites is 1. The number of halogens is 1. The van der Waals surface area contributed by atoms with Crippen molar-refractivity contribution in [2.24, 2.45) is 0 Å². The Morgan fingerprint density at radius 2 is 1.73 bits per heavy atom. The maximum atomic E-state index is 13.4. The SMILES string of the molecule is CSc1ccccc1NC(=O)CN(c1cccc(Br)c1)S(=O)(=O)c1ccc(C)cc1. The third-order valence-electron chi connectivity index (χ3n) is 4.37. The van der Waals surface area contributed by atoms with Gasteiger partial charge >= 0.3 is 0 Å². The van der Waals surface area contributed by atoms with E-state index in [-0.39, 0.29) is 11.4 Å². The first-order chi connectivity index (χ1) is 14.3. The third-order valence-corrected chi connectivity index (χ3v) is 7.45. The van der Waals surface area contributed by atoms with Gasteiger partial charge in [0.25, 0.3) is 10.0 Å². The van der Waals surface area contributed by atoms with Crippen molar-refractivity contribution in [3.8, 4) is 0 Å². The lowest BCUT2D eigenvalue weighted by atomic mass is 10.2. The molecule has 3 rings (SSSR count). The molecule has 0 aromatic heterocycles. The number of nitrogens with zero attached hydrogens (tertiary/aromatic N) is 1. The Balaban J connectivity index is 1.96. The molecular formula is C22H21BrN2O3S2. The third kappa shape index (κ3) is 5.24. The van der Waals surface area contributed by atoms with Crippen molar-refractivity contribution in [3.05, 3.63) is 82.8 Å². The molecule has 3 aromatic rings. The van der Waals surface area contributed by atoms with Crippen LogP contribution in [0.15, 0.2) is 87.1 Å². The van der Waals surface area contributed by atoms with E-state index in [0.29, 0.717) is 11.4 Å². The van der Waals surface area contributed by atoms with Crippen molar-refractivity contribution >= 4 is 55.0 Å². The fourth-order valence-corrected chi connectivity index (χ4v) is 5.21. The molecule has 0 spiro atoms. The van der Waals surface area contributed by atoms with Crippen molar-refractivity contribution in [1.82, 2.24) is 0 Å². The quantitative estimate of drug-likeness (QED) is 0.442. The van der Waals surface area contributed by atoms with E-state index in [1.165, 1.54) is 11.8 Å². The van der Waals surface area contributed by atoms with E-state index in [1.807, 2.05) is 31.4 Å². The number of aryl methyl sites for hydroxylation is 1. The zero-order chi connectivity index (χ0) is 21.7. The summed E-state index contributed by atoms with van der Waals surface area (Å²) in [5.41, 5.74) is 2.00. The number of amides is 1. The number of benzene rings is 3. The van der Waals surface area contributed by atoms with Crippen LogP contribution in [0.3, 0.4) is 0 Å². The van der Waals surface area contributed by atoms with Gasteiger partial charge in [0.15, 0.2) is 0 Å². The second kappa shape index (κ2) is 9.68. The lowest BCUT2D eigenvalue weighted by Crippen LogP contribution is -2.38. The van der Waals surface area contributed by atoms with E-state index in [9.17, 15) is 13.2 Å². The van der Waals surface area contributed by atoms with Crippen LogP contribution in [0.25, 0.3) is 0 Å². The van der Waals surface area contributed by atoms with Gasteiger partial charge in [-0.15, -0.1) is 11.8 Å². The summed E-state index contributed by atoms with van der Waals surface area (Å²) in [7, 11) is -3.94. The fraction of sp³-hybridized carbons (Fsp3) is 0.136. The summed E-state index contributed by atoms with van der Waals surface area (Å²) in [6.45, 7) is 1.54. The molecule has 5 nitrogen and oxygen atoms in total. The Morgan fingerprint density at radius 1 is 1.03 bits per heavy atom. The molecule has 30 heavy (non-hydrogen) atoms. The van der Waals surface area contributed by atoms with Gasteiger partial charge in [0, 0.05) is 9.37 Å². The van der Waals surface area contributed by atoms with E-state index in [2.05, 4.69) is 21.2 Å². The summed E-state index contributed by atoms with van der Waals surface area (Å²) in [5.74, 6) is -0.424. The van der Waals surface area contributed by atoms with Crippen LogP contribution < -0.4 is 9.62 Å². The number of rotatable bonds is 7. The molecule has 0 bridgehead atoms. The minimum Gasteiger partial charge on any atom is -0.323 e. The Morgan fingerprint density at radius 3 is 2.40 bits per heavy atom. The Bertz CT molecular complexity index is 1150. The maximum Gasteiger partial charge on any atom is 0.264 e. The monoisotopic (exact) mass is 504 g/mol. The van der Waals surface area contributed by atoms with Crippen LogP contribution in [0, 0.1) is 6.92 Å². The van der Waals surface area contributed by atoms with E-state index in [4.69, 9.17) is 0 Å². The van der Waals surface area contributed by atoms with Gasteiger partial charge in [-0.2, -0.15) is 0 Å². The second-order valence-corrected chi connectivity index (χ2v) is 10.2. The zero-order valence-electron chi connectivity index (χ0n) is 16.5. The molecular weight excluding hydrogens is 484 g/mol. The van der Waals surface area contributed by atoms with Gasteiger partial charge < -0.3 is 5.32 Å². The number of nitrogens with one attached hydrogen (secondary N) is 1. The van der Waals surface area contributed by atoms with Crippen LogP contribution in [0.2, 0.25) is 0 Å². The van der Waals surface area contributed by atoms with Crippen molar-refractivity contribution in [3.63, 3.8) is 0 Å². The number of sulfonamides is 1. The number of carbonyl (C=O) groups excluding carboxylic acids is 1. The second-order valence-electron chi connectivity index (χ2n) is 6.55. The minimum absolute atomic E-state index is 0.130. The molecule has 0 radical (unpaired) electrons. The zero-order valence-corrected chi connectivity index (χ0v) is 19.7. The molecule has 0 aliphatic carbocycles. The van der Waals surface area contributed by atoms with Crippen LogP contribution in [0.1, 0.15) is 5.56 Å². The molecule has 1 N–H and O–H groups in total. The lowest BCUT2D eigenvalue weighted by molar-refractivity contribution is -0.114. The smallest absolute Gasteiger partial charge is 0.264 e. The minimum atomic E-state index is -3.94. The highest BCUT2D eigenvalue weighted by atomic mass is 79.9. The van der Waals surface area contributed by atoms with Gasteiger partial charge in [-0.05, 0) is 55.6 Å². The molecule has 0 fully saturated rings. The topological polar surface area (TPSA) is 66.5 Å². The molecule has 0 saturated heterocycles. The van der Waals surface area contributed by atoms with E-state index < -0.39 is 15.9 Å². The predicted octanol–water partition coefficient (Wildman–Crippen LogP) is 5.31. The van der Waals surface area contributed by atoms with Crippen LogP contribution in [0.5, 0.6) is 0 Å². The predicted molar refractivity (Wildman–Crippen MR) is 127 cm³/mol. The number of anilines is 2. The highest BCUT2D eigenvalue weighted by Gasteiger charge is 2.27. The molecule has 3 aromatic carbocycles. The molecule has 0 unspecified atom stereocenters. The Kier molecular flexibility index (Phi) is 7.23. The van der Waals surface area contributed by atoms with Crippen molar-refractivity contribution in [2.45, 2.75) is 16.7 Å². The van der Waals surface area contributed by atoms with Crippen molar-refractivity contribution in [1.29, 1.82) is 0 Å². The largest absolute Gasteiger partial charge is 0.323 e. The van der Waals surface area contributed by atoms with Gasteiger partial charge in [-0.1, -0.05) is 51.8 Å². The van der Waals surface area contributed by atoms with Crippen LogP contribution in [-0.4, -0.2) is 27.1 Å². The van der Waals surface area contributed by atoms with Crippen molar-refractivity contribution in [2.75, 3.05) is 22.4 Å². The summed E-state index contributed by atoms with van der Waals surface area (Å²) in [5, 5.41) is 2.83. The number of carbonyl (C=O) groups is 1. The van der Waals surface area contributed by atoms with Crippen LogP contribution >= 0.6 is 27.7 Å². The highest BCUT2D eigenvalue weighted by molar-refractivity contribution is 9.10. The molecule has 0 aliphatic heterocycles. The Hall–Kier alpha value is -2.29. The molecule has 0 saturated carbocycles. The van der Waals surface area contributed by atoms with Crippen LogP contribution in [-0.2, 0) is 14.8 Å². The first kappa shape index (κ1) is 22.4. The summed E-state index contributed by atoms with van der Waals surface area (Å²) in [6.07, 6.45) is 1.92. The fourth-order valence-electron chi connectivity index (χ4n) is 2.85. The van der Waals surface area contributed by atoms with Gasteiger partial charge in [0.1, 0.15) is 6.54 Å². The van der Waals surface area contributed by atoms with Gasteiger partial charge in [-0.3, -0.25) is 9.10 Å². The average molecular weight is 505 g/mol. The summed E-state index contributed by atoms with van der Waals surface area (Å²) in [4.78, 5) is 13.9. The van der Waals surface area contributed by atoms with Crippen LogP contribution in [0.4, 0.5) is 11.4 Å². The van der Waals surface area contributed by atoms with Crippen molar-refractivity contribution < 1.29 is 13.2 Å². The molecule has 8 heteroatoms. The molecule has 1 amide bonds. The summed E-state index contributed by atoms with van der Waals surface area (Å²) < 4.78 is 28.6. The van der Waals surface area contributed by atoms with E-state index in [0.717, 1.165) is 19.2 Å². The van der Waals surface area contributed by atoms with E-state index >= 15 is 0 Å². The number of hydrogen-bond donors (Lipinski definition) is 1. The highest BCUT2D eigenvalue weighted by Crippen LogP contribution is 2.28. The first-order valence-electron chi connectivity index (χ1n) is 9.09. The Labute approximate surface area is 189 Å². The van der Waals surface area contributed by atoms with Gasteiger partial charge in [0.2, 0.25) is 5.91 Å². The summed E-state index contributed by atoms with van der Waals surface area (Å²) >= 11 is 4.88. The summed E-state index contributed by atoms with van der Waals surface area (Å²) in [6, 6.07) is 20.9. The molecule has 156 valence electrons. The first-order valence-corrected chi connectivity index (χ1v) is 12.5. The maximum absolute atomic E-state index is 13.4. The molecule has 0 aliphatic rings. The van der Waals surface area contributed by atoms with Gasteiger partial charge in [0.05, 0.1) is 16.3 Å². The average Bonchev–Trinajstić information content (AvgIpc) is 2.72. The number of thioether (sulfide) groups is 1. The van der Waals surface area contributed by atoms with E-state index in [1.54, 1.807) is 54.6 Å². The standard InChI is InChI=1S/C22H21BrN2O3S2/c1-16-10-12-19(13-11-16)30(27,28)25(18-7-5-6-17(23)14-18)15-22(26)24-20-8-3-4-9-21(20)29-2/h3-14H,15H2,1-2H3,(H,24,26). The normalized spacial score (nSPS) is 11.2. The number of hydrogen-bond acceptors (Lipinski definition) is 4. The molecule has 0 atom stereocenters. The lowest BCUT2D eigenvalue weighted by Gasteiger charge is -2.24. The van der Waals surface area contributed by atoms with Gasteiger partial charge in [-0.25, -0.2) is 8.42 Å².